The molecular formula is C20H25NO2. The van der Waals surface area contributed by atoms with E-state index in [0.717, 1.165) is 22.4 Å². The zero-order valence-corrected chi connectivity index (χ0v) is 14.8. The normalized spacial score (nSPS) is 11.9. The van der Waals surface area contributed by atoms with Crippen LogP contribution >= 0.6 is 0 Å². The van der Waals surface area contributed by atoms with Crippen LogP contribution in [0.25, 0.3) is 0 Å². The molecule has 1 N–H and O–H groups in total. The Balaban J connectivity index is 2.10. The van der Waals surface area contributed by atoms with Gasteiger partial charge in [-0.25, -0.2) is 0 Å². The molecule has 122 valence electrons. The number of aryl methyl sites for hydroxylation is 5. The lowest BCUT2D eigenvalue weighted by Gasteiger charge is -2.18. The molecule has 0 unspecified atom stereocenters. The van der Waals surface area contributed by atoms with Crippen molar-refractivity contribution < 1.29 is 9.53 Å². The first kappa shape index (κ1) is 17.1. The molecule has 23 heavy (non-hydrogen) atoms. The molecule has 0 fully saturated rings. The molecule has 2 aromatic carbocycles. The van der Waals surface area contributed by atoms with E-state index < -0.39 is 6.10 Å². The van der Waals surface area contributed by atoms with Gasteiger partial charge in [0.05, 0.1) is 0 Å². The maximum atomic E-state index is 12.4. The Morgan fingerprint density at radius 2 is 1.52 bits per heavy atom. The minimum Gasteiger partial charge on any atom is -0.481 e. The van der Waals surface area contributed by atoms with Gasteiger partial charge in [0.1, 0.15) is 5.75 Å². The molecule has 0 aliphatic heterocycles. The number of rotatable bonds is 4. The van der Waals surface area contributed by atoms with Gasteiger partial charge in [-0.05, 0) is 75.9 Å². The van der Waals surface area contributed by atoms with E-state index in [1.165, 1.54) is 11.1 Å². The second-order valence-corrected chi connectivity index (χ2v) is 6.27. The second kappa shape index (κ2) is 6.86. The van der Waals surface area contributed by atoms with Gasteiger partial charge in [0.2, 0.25) is 0 Å². The summed E-state index contributed by atoms with van der Waals surface area (Å²) < 4.78 is 5.78. The summed E-state index contributed by atoms with van der Waals surface area (Å²) in [5, 5.41) is 2.99. The van der Waals surface area contributed by atoms with Crippen molar-refractivity contribution >= 4 is 11.6 Å². The first-order valence-corrected chi connectivity index (χ1v) is 7.90. The van der Waals surface area contributed by atoms with E-state index in [0.29, 0.717) is 5.75 Å². The number of ether oxygens (including phenoxy) is 1. The van der Waals surface area contributed by atoms with Crippen LogP contribution < -0.4 is 10.1 Å². The van der Waals surface area contributed by atoms with E-state index in [1.54, 1.807) is 6.92 Å². The van der Waals surface area contributed by atoms with Gasteiger partial charge in [0.15, 0.2) is 6.10 Å². The van der Waals surface area contributed by atoms with Crippen LogP contribution in [0.15, 0.2) is 30.3 Å². The molecule has 0 aliphatic carbocycles. The molecule has 2 aromatic rings. The highest BCUT2D eigenvalue weighted by molar-refractivity contribution is 5.95. The quantitative estimate of drug-likeness (QED) is 0.893. The molecule has 0 radical (unpaired) electrons. The third kappa shape index (κ3) is 4.13. The predicted molar refractivity (Wildman–Crippen MR) is 95.3 cm³/mol. The molecule has 0 saturated heterocycles. The monoisotopic (exact) mass is 311 g/mol. The summed E-state index contributed by atoms with van der Waals surface area (Å²) in [5.41, 5.74) is 6.55. The Kier molecular flexibility index (Phi) is 5.09. The van der Waals surface area contributed by atoms with Crippen LogP contribution in [0.5, 0.6) is 5.75 Å². The van der Waals surface area contributed by atoms with E-state index in [1.807, 2.05) is 39.0 Å². The second-order valence-electron chi connectivity index (χ2n) is 6.27. The molecule has 1 atom stereocenters. The van der Waals surface area contributed by atoms with Crippen molar-refractivity contribution in [3.8, 4) is 5.75 Å². The molecule has 0 aromatic heterocycles. The molecule has 0 heterocycles. The molecular weight excluding hydrogens is 286 g/mol. The van der Waals surface area contributed by atoms with Crippen molar-refractivity contribution in [2.24, 2.45) is 0 Å². The van der Waals surface area contributed by atoms with Crippen LogP contribution in [0.4, 0.5) is 5.69 Å². The summed E-state index contributed by atoms with van der Waals surface area (Å²) in [6.45, 7) is 11.9. The van der Waals surface area contributed by atoms with Crippen LogP contribution in [-0.2, 0) is 4.79 Å². The number of anilines is 1. The van der Waals surface area contributed by atoms with Gasteiger partial charge in [-0.3, -0.25) is 4.79 Å². The van der Waals surface area contributed by atoms with Crippen molar-refractivity contribution in [2.75, 3.05) is 5.32 Å². The molecule has 2 rings (SSSR count). The van der Waals surface area contributed by atoms with Gasteiger partial charge in [0, 0.05) is 5.69 Å². The number of amides is 1. The Hall–Kier alpha value is -2.29. The van der Waals surface area contributed by atoms with Crippen LogP contribution in [0, 0.1) is 34.6 Å². The third-order valence-electron chi connectivity index (χ3n) is 4.09. The lowest BCUT2D eigenvalue weighted by Crippen LogP contribution is -2.30. The van der Waals surface area contributed by atoms with E-state index in [2.05, 4.69) is 31.3 Å². The lowest BCUT2D eigenvalue weighted by molar-refractivity contribution is -0.122. The first-order chi connectivity index (χ1) is 10.8. The van der Waals surface area contributed by atoms with E-state index in [9.17, 15) is 4.79 Å². The number of hydrogen-bond acceptors (Lipinski definition) is 2. The number of nitrogens with one attached hydrogen (secondary N) is 1. The van der Waals surface area contributed by atoms with Crippen molar-refractivity contribution in [3.63, 3.8) is 0 Å². The van der Waals surface area contributed by atoms with Crippen LogP contribution in [-0.4, -0.2) is 12.0 Å². The third-order valence-corrected chi connectivity index (χ3v) is 4.09. The Bertz CT molecular complexity index is 711. The number of carbonyl (C=O) groups is 1. The molecule has 0 aliphatic rings. The minimum atomic E-state index is -0.558. The first-order valence-electron chi connectivity index (χ1n) is 7.90. The number of benzene rings is 2. The highest BCUT2D eigenvalue weighted by atomic mass is 16.5. The predicted octanol–water partition coefficient (Wildman–Crippen LogP) is 4.63. The van der Waals surface area contributed by atoms with E-state index in [4.69, 9.17) is 4.74 Å². The zero-order valence-electron chi connectivity index (χ0n) is 14.8. The van der Waals surface area contributed by atoms with Gasteiger partial charge in [-0.1, -0.05) is 23.8 Å². The highest BCUT2D eigenvalue weighted by Gasteiger charge is 2.17. The molecule has 3 heteroatoms. The van der Waals surface area contributed by atoms with Gasteiger partial charge in [0.25, 0.3) is 5.91 Å². The van der Waals surface area contributed by atoms with Crippen molar-refractivity contribution in [1.82, 2.24) is 0 Å². The number of carbonyl (C=O) groups excluding carboxylic acids is 1. The SMILES string of the molecule is Cc1cc(C)c(NC(=O)[C@@H](C)Oc2ccc(C)c(C)c2)c(C)c1. The average Bonchev–Trinajstić information content (AvgIpc) is 2.46. The molecule has 3 nitrogen and oxygen atoms in total. The van der Waals surface area contributed by atoms with Crippen LogP contribution in [0.2, 0.25) is 0 Å². The minimum absolute atomic E-state index is 0.140. The van der Waals surface area contributed by atoms with Crippen LogP contribution in [0.1, 0.15) is 34.7 Å². The molecule has 0 spiro atoms. The highest BCUT2D eigenvalue weighted by Crippen LogP contribution is 2.23. The fourth-order valence-electron chi connectivity index (χ4n) is 2.65. The molecule has 1 amide bonds. The van der Waals surface area contributed by atoms with E-state index >= 15 is 0 Å². The van der Waals surface area contributed by atoms with Gasteiger partial charge >= 0.3 is 0 Å². The summed E-state index contributed by atoms with van der Waals surface area (Å²) in [6.07, 6.45) is -0.558. The smallest absolute Gasteiger partial charge is 0.265 e. The van der Waals surface area contributed by atoms with Gasteiger partial charge < -0.3 is 10.1 Å². The summed E-state index contributed by atoms with van der Waals surface area (Å²) in [6, 6.07) is 9.99. The van der Waals surface area contributed by atoms with Crippen LogP contribution in [0.3, 0.4) is 0 Å². The lowest BCUT2D eigenvalue weighted by atomic mass is 10.0. The maximum absolute atomic E-state index is 12.4. The summed E-state index contributed by atoms with van der Waals surface area (Å²) in [7, 11) is 0. The Morgan fingerprint density at radius 3 is 2.09 bits per heavy atom. The van der Waals surface area contributed by atoms with Gasteiger partial charge in [-0.15, -0.1) is 0 Å². The zero-order chi connectivity index (χ0) is 17.1. The summed E-state index contributed by atoms with van der Waals surface area (Å²) in [4.78, 5) is 12.4. The van der Waals surface area contributed by atoms with Gasteiger partial charge in [-0.2, -0.15) is 0 Å². The number of hydrogen-bond donors (Lipinski definition) is 1. The molecule has 0 saturated carbocycles. The summed E-state index contributed by atoms with van der Waals surface area (Å²) >= 11 is 0. The fraction of sp³-hybridized carbons (Fsp3) is 0.350. The van der Waals surface area contributed by atoms with Crippen molar-refractivity contribution in [3.05, 3.63) is 58.1 Å². The molecule has 0 bridgehead atoms. The summed E-state index contributed by atoms with van der Waals surface area (Å²) in [5.74, 6) is 0.575. The fourth-order valence-corrected chi connectivity index (χ4v) is 2.65. The Morgan fingerprint density at radius 1 is 0.913 bits per heavy atom. The Labute approximate surface area is 138 Å². The maximum Gasteiger partial charge on any atom is 0.265 e. The largest absolute Gasteiger partial charge is 0.481 e. The van der Waals surface area contributed by atoms with E-state index in [-0.39, 0.29) is 5.91 Å². The van der Waals surface area contributed by atoms with Crippen molar-refractivity contribution in [2.45, 2.75) is 47.6 Å². The standard InChI is InChI=1S/C20H25NO2/c1-12-9-15(4)19(16(5)10-12)21-20(22)17(6)23-18-8-7-13(2)14(3)11-18/h7-11,17H,1-6H3,(H,21,22)/t17-/m1/s1. The topological polar surface area (TPSA) is 38.3 Å². The average molecular weight is 311 g/mol. The van der Waals surface area contributed by atoms with Crippen molar-refractivity contribution in [1.29, 1.82) is 0 Å².